The number of ether oxygens (including phenoxy) is 2. The molecule has 1 heterocycles. The summed E-state index contributed by atoms with van der Waals surface area (Å²) >= 11 is 0. The largest absolute Gasteiger partial charge is 0.449 e. The molecule has 4 nitrogen and oxygen atoms in total. The number of halogens is 11. The fourth-order valence-corrected chi connectivity index (χ4v) is 4.50. The van der Waals surface area contributed by atoms with E-state index in [1.165, 1.54) is 0 Å². The van der Waals surface area contributed by atoms with Crippen LogP contribution in [0.5, 0.6) is 0 Å². The summed E-state index contributed by atoms with van der Waals surface area (Å²) < 4.78 is 161. The van der Waals surface area contributed by atoms with Crippen molar-refractivity contribution in [1.82, 2.24) is 0 Å². The molecule has 2 aliphatic rings. The average molecular weight is 522 g/mol. The molecule has 34 heavy (non-hydrogen) atoms. The van der Waals surface area contributed by atoms with Crippen LogP contribution in [0, 0.1) is 5.92 Å². The van der Waals surface area contributed by atoms with Crippen LogP contribution in [-0.2, 0) is 14.3 Å². The summed E-state index contributed by atoms with van der Waals surface area (Å²) in [4.78, 5) is 11.9. The van der Waals surface area contributed by atoms with Crippen LogP contribution in [0.4, 0.5) is 48.3 Å². The standard InChI is InChI=1S/C19H21F11O4/c1-3-13(33-12(31)10(2)15(20,21)22)9-14(18(25,26)27,11-7-5-4-6-8-11)34-17(32,16(13,23)24)19(28,29)30/h11,32H,2-9H2,1H3. The van der Waals surface area contributed by atoms with Gasteiger partial charge in [0.05, 0.1) is 0 Å². The van der Waals surface area contributed by atoms with Crippen LogP contribution in [0.1, 0.15) is 51.9 Å². The molecule has 2 fully saturated rings. The van der Waals surface area contributed by atoms with Gasteiger partial charge >= 0.3 is 36.2 Å². The van der Waals surface area contributed by atoms with Crippen molar-refractivity contribution >= 4 is 5.97 Å². The van der Waals surface area contributed by atoms with E-state index in [1.54, 1.807) is 0 Å². The van der Waals surface area contributed by atoms with E-state index < -0.39 is 84.6 Å². The Bertz CT molecular complexity index is 798. The first-order chi connectivity index (χ1) is 15.1. The number of carbonyl (C=O) groups is 1. The highest BCUT2D eigenvalue weighted by molar-refractivity contribution is 5.89. The Hall–Kier alpha value is -1.64. The molecule has 198 valence electrons. The highest BCUT2D eigenvalue weighted by Gasteiger charge is 2.87. The van der Waals surface area contributed by atoms with Gasteiger partial charge < -0.3 is 14.6 Å². The van der Waals surface area contributed by atoms with E-state index in [9.17, 15) is 49.4 Å². The maximum atomic E-state index is 15.2. The van der Waals surface area contributed by atoms with Gasteiger partial charge in [-0.15, -0.1) is 0 Å². The molecule has 3 unspecified atom stereocenters. The second-order valence-electron chi connectivity index (χ2n) is 8.43. The minimum Gasteiger partial charge on any atom is -0.449 e. The van der Waals surface area contributed by atoms with Crippen molar-refractivity contribution < 1.29 is 67.7 Å². The van der Waals surface area contributed by atoms with Crippen LogP contribution < -0.4 is 0 Å². The molecule has 0 amide bonds. The summed E-state index contributed by atoms with van der Waals surface area (Å²) in [5, 5.41) is 10.0. The summed E-state index contributed by atoms with van der Waals surface area (Å²) in [6.45, 7) is 2.87. The molecule has 0 aromatic heterocycles. The van der Waals surface area contributed by atoms with Crippen LogP contribution in [0.3, 0.4) is 0 Å². The monoisotopic (exact) mass is 522 g/mol. The fraction of sp³-hybridized carbons (Fsp3) is 0.842. The van der Waals surface area contributed by atoms with E-state index in [0.29, 0.717) is 13.3 Å². The summed E-state index contributed by atoms with van der Waals surface area (Å²) in [7, 11) is 0. The molecule has 1 aliphatic carbocycles. The second-order valence-corrected chi connectivity index (χ2v) is 8.43. The van der Waals surface area contributed by atoms with Crippen LogP contribution in [0.2, 0.25) is 0 Å². The normalized spacial score (nSPS) is 33.4. The summed E-state index contributed by atoms with van der Waals surface area (Å²) in [6, 6.07) is 0. The third kappa shape index (κ3) is 4.26. The van der Waals surface area contributed by atoms with Gasteiger partial charge in [0.2, 0.25) is 0 Å². The molecule has 1 saturated heterocycles. The van der Waals surface area contributed by atoms with E-state index >= 15 is 8.78 Å². The molecular formula is C19H21F11O4. The van der Waals surface area contributed by atoms with Crippen molar-refractivity contribution in [1.29, 1.82) is 0 Å². The molecule has 0 aromatic carbocycles. The number of esters is 1. The highest BCUT2D eigenvalue weighted by Crippen LogP contribution is 2.64. The Morgan fingerprint density at radius 3 is 1.88 bits per heavy atom. The molecule has 3 atom stereocenters. The van der Waals surface area contributed by atoms with E-state index in [1.807, 2.05) is 0 Å². The molecular weight excluding hydrogens is 501 g/mol. The predicted octanol–water partition coefficient (Wildman–Crippen LogP) is 5.98. The zero-order valence-corrected chi connectivity index (χ0v) is 17.6. The van der Waals surface area contributed by atoms with E-state index in [0.717, 1.165) is 0 Å². The molecule has 0 spiro atoms. The molecule has 1 saturated carbocycles. The van der Waals surface area contributed by atoms with Gasteiger partial charge in [0.15, 0.2) is 11.2 Å². The molecule has 0 bridgehead atoms. The smallest absolute Gasteiger partial charge is 0.449 e. The number of aliphatic hydroxyl groups is 1. The quantitative estimate of drug-likeness (QED) is 0.280. The van der Waals surface area contributed by atoms with Crippen molar-refractivity contribution in [2.75, 3.05) is 0 Å². The summed E-state index contributed by atoms with van der Waals surface area (Å²) in [5.41, 5.74) is -10.7. The lowest BCUT2D eigenvalue weighted by Crippen LogP contribution is -2.80. The van der Waals surface area contributed by atoms with Crippen LogP contribution in [-0.4, -0.2) is 52.5 Å². The van der Waals surface area contributed by atoms with Gasteiger partial charge in [-0.1, -0.05) is 32.8 Å². The number of rotatable bonds is 4. The first-order valence-corrected chi connectivity index (χ1v) is 10.0. The van der Waals surface area contributed by atoms with Gasteiger partial charge in [-0.3, -0.25) is 0 Å². The highest BCUT2D eigenvalue weighted by atomic mass is 19.4. The molecule has 1 aliphatic heterocycles. The van der Waals surface area contributed by atoms with Gasteiger partial charge in [0.1, 0.15) is 5.57 Å². The molecule has 2 rings (SSSR count). The van der Waals surface area contributed by atoms with E-state index in [4.69, 9.17) is 0 Å². The Kier molecular flexibility index (Phi) is 7.14. The Labute approximate surface area is 186 Å². The maximum Gasteiger partial charge on any atom is 0.449 e. The first kappa shape index (κ1) is 28.6. The molecule has 15 heteroatoms. The summed E-state index contributed by atoms with van der Waals surface area (Å²) in [6.07, 6.45) is -22.1. The van der Waals surface area contributed by atoms with Crippen LogP contribution >= 0.6 is 0 Å². The van der Waals surface area contributed by atoms with Gasteiger partial charge in [0.25, 0.3) is 0 Å². The zero-order valence-electron chi connectivity index (χ0n) is 17.6. The number of alkyl halides is 11. The lowest BCUT2D eigenvalue weighted by molar-refractivity contribution is -0.524. The van der Waals surface area contributed by atoms with Crippen molar-refractivity contribution in [3.8, 4) is 0 Å². The number of carbonyl (C=O) groups excluding carboxylic acids is 1. The second kappa shape index (κ2) is 8.49. The van der Waals surface area contributed by atoms with Crippen molar-refractivity contribution in [3.05, 3.63) is 12.2 Å². The SMILES string of the molecule is C=C(C(=O)OC1(CC)CC(C2CCCCC2)(C(F)(F)F)OC(O)(C(F)(F)F)C1(F)F)C(F)(F)F. The summed E-state index contributed by atoms with van der Waals surface area (Å²) in [5.74, 6) is -16.3. The third-order valence-electron chi connectivity index (χ3n) is 6.45. The Morgan fingerprint density at radius 1 is 1.00 bits per heavy atom. The fourth-order valence-electron chi connectivity index (χ4n) is 4.50. The van der Waals surface area contributed by atoms with Gasteiger partial charge in [-0.2, -0.15) is 48.3 Å². The van der Waals surface area contributed by atoms with E-state index in [-0.39, 0.29) is 12.8 Å². The average Bonchev–Trinajstić information content (AvgIpc) is 2.69. The Morgan fingerprint density at radius 2 is 1.50 bits per heavy atom. The zero-order chi connectivity index (χ0) is 26.6. The minimum atomic E-state index is -6.57. The Balaban J connectivity index is 2.81. The lowest BCUT2D eigenvalue weighted by Gasteiger charge is -2.59. The maximum absolute atomic E-state index is 15.2. The van der Waals surface area contributed by atoms with E-state index in [2.05, 4.69) is 16.1 Å². The number of hydrogen-bond acceptors (Lipinski definition) is 4. The van der Waals surface area contributed by atoms with Crippen molar-refractivity contribution in [2.24, 2.45) is 5.92 Å². The third-order valence-corrected chi connectivity index (χ3v) is 6.45. The lowest BCUT2D eigenvalue weighted by atomic mass is 9.65. The molecule has 1 N–H and O–H groups in total. The van der Waals surface area contributed by atoms with Crippen molar-refractivity contribution in [2.45, 2.75) is 93.3 Å². The van der Waals surface area contributed by atoms with Gasteiger partial charge in [0, 0.05) is 6.42 Å². The molecule has 0 radical (unpaired) electrons. The van der Waals surface area contributed by atoms with Gasteiger partial charge in [-0.05, 0) is 25.2 Å². The topological polar surface area (TPSA) is 55.8 Å². The first-order valence-electron chi connectivity index (χ1n) is 10.0. The number of hydrogen-bond donors (Lipinski definition) is 1. The molecule has 0 aromatic rings. The van der Waals surface area contributed by atoms with Crippen LogP contribution in [0.15, 0.2) is 12.2 Å². The predicted molar refractivity (Wildman–Crippen MR) is 91.3 cm³/mol. The minimum absolute atomic E-state index is 0.0521. The van der Waals surface area contributed by atoms with Crippen molar-refractivity contribution in [3.63, 3.8) is 0 Å². The van der Waals surface area contributed by atoms with Crippen LogP contribution in [0.25, 0.3) is 0 Å². The van der Waals surface area contributed by atoms with Gasteiger partial charge in [-0.25, -0.2) is 4.79 Å².